The van der Waals surface area contributed by atoms with E-state index >= 15 is 0 Å². The third-order valence-corrected chi connectivity index (χ3v) is 7.97. The molecule has 8 heteroatoms. The Kier molecular flexibility index (Phi) is 6.72. The molecule has 1 spiro atoms. The van der Waals surface area contributed by atoms with Crippen molar-refractivity contribution in [1.29, 1.82) is 0 Å². The number of ether oxygens (including phenoxy) is 1. The molecule has 2 aromatic rings. The second-order valence-electron chi connectivity index (χ2n) is 10.2. The monoisotopic (exact) mass is 487 g/mol. The standard InChI is InChI=1S/C27H32F3N3O2/c28-27(29,30)23-10-6-9-22(31-23)24(34)26(13-18-35-25(20-26)11-4-5-12-25)33-16-14-32(15-17-33)19-21-7-2-1-3-8-21/h1-3,6-10H,4-5,11-20H2. The van der Waals surface area contributed by atoms with Crippen LogP contribution in [-0.2, 0) is 17.5 Å². The Hall–Kier alpha value is -2.29. The van der Waals surface area contributed by atoms with Crippen LogP contribution < -0.4 is 0 Å². The molecule has 5 rings (SSSR count). The van der Waals surface area contributed by atoms with Crippen LogP contribution >= 0.6 is 0 Å². The zero-order valence-electron chi connectivity index (χ0n) is 19.9. The largest absolute Gasteiger partial charge is 0.433 e. The third-order valence-electron chi connectivity index (χ3n) is 7.97. The molecule has 188 valence electrons. The lowest BCUT2D eigenvalue weighted by molar-refractivity contribution is -0.141. The summed E-state index contributed by atoms with van der Waals surface area (Å²) in [6.07, 6.45) is 0.306. The second kappa shape index (κ2) is 9.64. The van der Waals surface area contributed by atoms with Crippen molar-refractivity contribution in [2.75, 3.05) is 32.8 Å². The zero-order chi connectivity index (χ0) is 24.5. The number of alkyl halides is 3. The molecule has 3 fully saturated rings. The molecule has 1 unspecified atom stereocenters. The quantitative estimate of drug-likeness (QED) is 0.558. The normalized spacial score (nSPS) is 25.7. The Balaban J connectivity index is 1.41. The molecule has 1 atom stereocenters. The lowest BCUT2D eigenvalue weighted by Crippen LogP contribution is -2.65. The number of carbonyl (C=O) groups is 1. The molecular formula is C27H32F3N3O2. The van der Waals surface area contributed by atoms with Crippen molar-refractivity contribution < 1.29 is 22.7 Å². The van der Waals surface area contributed by atoms with Crippen LogP contribution in [0.3, 0.4) is 0 Å². The van der Waals surface area contributed by atoms with Gasteiger partial charge in [0.1, 0.15) is 11.4 Å². The van der Waals surface area contributed by atoms with Gasteiger partial charge in [0.15, 0.2) is 0 Å². The summed E-state index contributed by atoms with van der Waals surface area (Å²) in [5, 5.41) is 0. The average Bonchev–Trinajstić information content (AvgIpc) is 3.31. The molecule has 35 heavy (non-hydrogen) atoms. The second-order valence-corrected chi connectivity index (χ2v) is 10.2. The van der Waals surface area contributed by atoms with E-state index in [4.69, 9.17) is 4.74 Å². The van der Waals surface area contributed by atoms with Gasteiger partial charge in [-0.1, -0.05) is 49.2 Å². The molecular weight excluding hydrogens is 455 g/mol. The fraction of sp³-hybridized carbons (Fsp3) is 0.556. The van der Waals surface area contributed by atoms with Gasteiger partial charge in [-0.15, -0.1) is 0 Å². The SMILES string of the molecule is O=C(c1cccc(C(F)(F)F)n1)C1(N2CCN(Cc3ccccc3)CC2)CCOC2(CCCC2)C1. The van der Waals surface area contributed by atoms with Gasteiger partial charge in [-0.05, 0) is 37.0 Å². The van der Waals surface area contributed by atoms with Crippen LogP contribution in [0.4, 0.5) is 13.2 Å². The number of hydrogen-bond donors (Lipinski definition) is 0. The van der Waals surface area contributed by atoms with Crippen LogP contribution in [0.2, 0.25) is 0 Å². The zero-order valence-corrected chi connectivity index (χ0v) is 19.9. The van der Waals surface area contributed by atoms with Gasteiger partial charge in [0, 0.05) is 45.8 Å². The van der Waals surface area contributed by atoms with Crippen LogP contribution in [0.1, 0.15) is 60.3 Å². The van der Waals surface area contributed by atoms with E-state index in [1.54, 1.807) is 0 Å². The molecule has 5 nitrogen and oxygen atoms in total. The van der Waals surface area contributed by atoms with Gasteiger partial charge in [-0.3, -0.25) is 14.6 Å². The third kappa shape index (κ3) is 5.01. The van der Waals surface area contributed by atoms with Crippen LogP contribution in [0.5, 0.6) is 0 Å². The number of halogens is 3. The number of Topliss-reactive ketones (excluding diaryl/α,β-unsaturated/α-hetero) is 1. The van der Waals surface area contributed by atoms with Gasteiger partial charge in [-0.2, -0.15) is 13.2 Å². The summed E-state index contributed by atoms with van der Waals surface area (Å²) < 4.78 is 46.4. The van der Waals surface area contributed by atoms with Gasteiger partial charge in [0.05, 0.1) is 11.1 Å². The lowest BCUT2D eigenvalue weighted by Gasteiger charge is -2.53. The predicted octanol–water partition coefficient (Wildman–Crippen LogP) is 4.96. The summed E-state index contributed by atoms with van der Waals surface area (Å²) in [6.45, 7) is 4.26. The first-order chi connectivity index (χ1) is 16.8. The molecule has 1 aromatic carbocycles. The number of benzene rings is 1. The van der Waals surface area contributed by atoms with Crippen molar-refractivity contribution in [1.82, 2.24) is 14.8 Å². The highest BCUT2D eigenvalue weighted by Gasteiger charge is 2.54. The molecule has 2 aliphatic heterocycles. The maximum Gasteiger partial charge on any atom is 0.433 e. The number of pyridine rings is 1. The molecule has 1 aromatic heterocycles. The van der Waals surface area contributed by atoms with E-state index in [9.17, 15) is 18.0 Å². The highest BCUT2D eigenvalue weighted by atomic mass is 19.4. The molecule has 0 N–H and O–H groups in total. The van der Waals surface area contributed by atoms with Crippen molar-refractivity contribution in [3.63, 3.8) is 0 Å². The van der Waals surface area contributed by atoms with Crippen molar-refractivity contribution in [2.24, 2.45) is 0 Å². The summed E-state index contributed by atoms with van der Waals surface area (Å²) in [4.78, 5) is 22.5. The molecule has 3 aliphatic rings. The lowest BCUT2D eigenvalue weighted by atomic mass is 9.73. The predicted molar refractivity (Wildman–Crippen MR) is 126 cm³/mol. The Labute approximate surface area is 204 Å². The van der Waals surface area contributed by atoms with Crippen molar-refractivity contribution in [2.45, 2.75) is 62.4 Å². The Morgan fingerprint density at radius 1 is 0.943 bits per heavy atom. The molecule has 2 saturated heterocycles. The highest BCUT2D eigenvalue weighted by Crippen LogP contribution is 2.47. The number of rotatable bonds is 5. The van der Waals surface area contributed by atoms with Crippen LogP contribution in [0, 0.1) is 0 Å². The Bertz CT molecular complexity index is 1030. The molecule has 1 aliphatic carbocycles. The first-order valence-electron chi connectivity index (χ1n) is 12.5. The van der Waals surface area contributed by atoms with Gasteiger partial charge >= 0.3 is 6.18 Å². The van der Waals surface area contributed by atoms with E-state index in [1.165, 1.54) is 17.7 Å². The van der Waals surface area contributed by atoms with Gasteiger partial charge in [-0.25, -0.2) is 4.98 Å². The topological polar surface area (TPSA) is 45.7 Å². The number of hydrogen-bond acceptors (Lipinski definition) is 5. The average molecular weight is 488 g/mol. The molecule has 0 amide bonds. The summed E-state index contributed by atoms with van der Waals surface area (Å²) in [5.74, 6) is -0.297. The van der Waals surface area contributed by atoms with Crippen molar-refractivity contribution in [3.8, 4) is 0 Å². The number of nitrogens with zero attached hydrogens (tertiary/aromatic N) is 3. The maximum absolute atomic E-state index is 14.1. The van der Waals surface area contributed by atoms with Gasteiger partial charge in [0.2, 0.25) is 5.78 Å². The summed E-state index contributed by atoms with van der Waals surface area (Å²) in [5.41, 5.74) is -1.12. The smallest absolute Gasteiger partial charge is 0.375 e. The van der Waals surface area contributed by atoms with E-state index in [2.05, 4.69) is 26.9 Å². The first kappa shape index (κ1) is 24.4. The van der Waals surface area contributed by atoms with Crippen LogP contribution in [0.25, 0.3) is 0 Å². The van der Waals surface area contributed by atoms with E-state index < -0.39 is 17.4 Å². The fourth-order valence-corrected chi connectivity index (χ4v) is 6.19. The van der Waals surface area contributed by atoms with E-state index in [-0.39, 0.29) is 17.1 Å². The number of carbonyl (C=O) groups excluding carboxylic acids is 1. The number of aromatic nitrogens is 1. The first-order valence-corrected chi connectivity index (χ1v) is 12.5. The van der Waals surface area contributed by atoms with Crippen LogP contribution in [0.15, 0.2) is 48.5 Å². The number of ketones is 1. The van der Waals surface area contributed by atoms with Crippen molar-refractivity contribution >= 4 is 5.78 Å². The minimum absolute atomic E-state index is 0.0958. The minimum atomic E-state index is -4.59. The van der Waals surface area contributed by atoms with Crippen LogP contribution in [-0.4, -0.2) is 64.5 Å². The summed E-state index contributed by atoms with van der Waals surface area (Å²) >= 11 is 0. The Morgan fingerprint density at radius 3 is 2.34 bits per heavy atom. The van der Waals surface area contributed by atoms with E-state index in [0.29, 0.717) is 32.5 Å². The summed E-state index contributed by atoms with van der Waals surface area (Å²) in [7, 11) is 0. The van der Waals surface area contributed by atoms with E-state index in [0.717, 1.165) is 51.4 Å². The Morgan fingerprint density at radius 2 is 1.66 bits per heavy atom. The fourth-order valence-electron chi connectivity index (χ4n) is 6.19. The van der Waals surface area contributed by atoms with Crippen molar-refractivity contribution in [3.05, 3.63) is 65.5 Å². The molecule has 1 saturated carbocycles. The van der Waals surface area contributed by atoms with Gasteiger partial charge in [0.25, 0.3) is 0 Å². The highest BCUT2D eigenvalue weighted by molar-refractivity contribution is 6.02. The number of piperazine rings is 1. The molecule has 0 bridgehead atoms. The molecule has 3 heterocycles. The maximum atomic E-state index is 14.1. The minimum Gasteiger partial charge on any atom is -0.375 e. The summed E-state index contributed by atoms with van der Waals surface area (Å²) in [6, 6.07) is 13.9. The van der Waals surface area contributed by atoms with Gasteiger partial charge < -0.3 is 4.74 Å². The van der Waals surface area contributed by atoms with E-state index in [1.807, 2.05) is 18.2 Å². The molecule has 0 radical (unpaired) electrons.